The molecule has 1 aromatic rings. The van der Waals surface area contributed by atoms with Crippen LogP contribution in [0.25, 0.3) is 0 Å². The number of hydrogen-bond acceptors (Lipinski definition) is 5. The molecule has 27 heavy (non-hydrogen) atoms. The molecule has 0 N–H and O–H groups in total. The van der Waals surface area contributed by atoms with E-state index in [1.54, 1.807) is 12.1 Å². The van der Waals surface area contributed by atoms with Gasteiger partial charge in [0.1, 0.15) is 10.6 Å². The summed E-state index contributed by atoms with van der Waals surface area (Å²) < 4.78 is 33.1. The van der Waals surface area contributed by atoms with E-state index in [0.29, 0.717) is 31.7 Å². The number of thioether (sulfide) groups is 1. The largest absolute Gasteiger partial charge is 0.495 e. The van der Waals surface area contributed by atoms with Crippen LogP contribution in [-0.2, 0) is 14.8 Å². The van der Waals surface area contributed by atoms with Crippen LogP contribution in [0, 0.1) is 19.8 Å². The number of ether oxygens (including phenoxy) is 1. The summed E-state index contributed by atoms with van der Waals surface area (Å²) in [7, 11) is -2.15. The molecule has 0 saturated carbocycles. The van der Waals surface area contributed by atoms with Crippen LogP contribution >= 0.6 is 11.8 Å². The van der Waals surface area contributed by atoms with Crippen LogP contribution in [0.15, 0.2) is 17.0 Å². The van der Waals surface area contributed by atoms with Crippen molar-refractivity contribution in [3.63, 3.8) is 0 Å². The topological polar surface area (TPSA) is 66.9 Å². The number of hydrogen-bond donors (Lipinski definition) is 0. The van der Waals surface area contributed by atoms with Gasteiger partial charge in [-0.25, -0.2) is 8.42 Å². The average Bonchev–Trinajstić information content (AvgIpc) is 2.69. The summed E-state index contributed by atoms with van der Waals surface area (Å²) in [4.78, 5) is 14.8. The zero-order chi connectivity index (χ0) is 19.6. The summed E-state index contributed by atoms with van der Waals surface area (Å²) in [6.45, 7) is 6.19. The third kappa shape index (κ3) is 4.27. The van der Waals surface area contributed by atoms with Crippen LogP contribution in [0.3, 0.4) is 0 Å². The molecule has 2 fully saturated rings. The van der Waals surface area contributed by atoms with Gasteiger partial charge in [-0.05, 0) is 49.9 Å². The molecule has 0 aliphatic carbocycles. The number of sulfonamides is 1. The molecule has 2 aliphatic rings. The van der Waals surface area contributed by atoms with E-state index in [-0.39, 0.29) is 16.7 Å². The van der Waals surface area contributed by atoms with E-state index < -0.39 is 10.0 Å². The van der Waals surface area contributed by atoms with Crippen LogP contribution in [0.1, 0.15) is 24.0 Å². The summed E-state index contributed by atoms with van der Waals surface area (Å²) >= 11 is 1.88. The molecule has 150 valence electrons. The lowest BCUT2D eigenvalue weighted by Crippen LogP contribution is -2.46. The lowest BCUT2D eigenvalue weighted by Gasteiger charge is -2.35. The molecule has 2 aliphatic heterocycles. The number of carbonyl (C=O) groups excluding carboxylic acids is 1. The molecule has 1 amide bonds. The molecule has 8 heteroatoms. The van der Waals surface area contributed by atoms with Crippen LogP contribution in [0.4, 0.5) is 0 Å². The van der Waals surface area contributed by atoms with Crippen molar-refractivity contribution in [1.82, 2.24) is 9.21 Å². The highest BCUT2D eigenvalue weighted by Crippen LogP contribution is 2.32. The van der Waals surface area contributed by atoms with Gasteiger partial charge in [-0.3, -0.25) is 4.79 Å². The number of carbonyl (C=O) groups is 1. The number of rotatable bonds is 4. The zero-order valence-electron chi connectivity index (χ0n) is 16.2. The molecule has 3 rings (SSSR count). The Bertz CT molecular complexity index is 796. The Morgan fingerprint density at radius 1 is 1.07 bits per heavy atom. The lowest BCUT2D eigenvalue weighted by molar-refractivity contribution is -0.136. The van der Waals surface area contributed by atoms with E-state index >= 15 is 0 Å². The minimum atomic E-state index is -3.64. The third-order valence-electron chi connectivity index (χ3n) is 5.52. The Morgan fingerprint density at radius 3 is 2.26 bits per heavy atom. The van der Waals surface area contributed by atoms with Crippen LogP contribution in [0.5, 0.6) is 5.75 Å². The van der Waals surface area contributed by atoms with E-state index in [1.165, 1.54) is 11.4 Å². The second-order valence-electron chi connectivity index (χ2n) is 7.20. The average molecular weight is 413 g/mol. The van der Waals surface area contributed by atoms with Crippen molar-refractivity contribution >= 4 is 27.7 Å². The molecule has 2 saturated heterocycles. The molecular formula is C19H28N2O4S2. The van der Waals surface area contributed by atoms with Crippen molar-refractivity contribution in [2.45, 2.75) is 31.6 Å². The van der Waals surface area contributed by atoms with E-state index in [9.17, 15) is 13.2 Å². The first-order valence-corrected chi connectivity index (χ1v) is 12.0. The Hall–Kier alpha value is -1.25. The number of benzene rings is 1. The highest BCUT2D eigenvalue weighted by atomic mass is 32.2. The number of methoxy groups -OCH3 is 1. The van der Waals surface area contributed by atoms with Gasteiger partial charge in [-0.2, -0.15) is 16.1 Å². The molecule has 2 heterocycles. The Kier molecular flexibility index (Phi) is 6.38. The van der Waals surface area contributed by atoms with Crippen molar-refractivity contribution in [1.29, 1.82) is 0 Å². The predicted molar refractivity (Wildman–Crippen MR) is 108 cm³/mol. The van der Waals surface area contributed by atoms with Gasteiger partial charge in [0.05, 0.1) is 7.11 Å². The van der Waals surface area contributed by atoms with Gasteiger partial charge in [0.2, 0.25) is 15.9 Å². The van der Waals surface area contributed by atoms with Crippen molar-refractivity contribution < 1.29 is 17.9 Å². The first kappa shape index (κ1) is 20.5. The maximum Gasteiger partial charge on any atom is 0.246 e. The molecule has 0 atom stereocenters. The van der Waals surface area contributed by atoms with E-state index in [1.807, 2.05) is 30.5 Å². The quantitative estimate of drug-likeness (QED) is 0.759. The fraction of sp³-hybridized carbons (Fsp3) is 0.632. The molecule has 0 radical (unpaired) electrons. The number of aryl methyl sites for hydroxylation is 2. The molecule has 0 bridgehead atoms. The van der Waals surface area contributed by atoms with Crippen molar-refractivity contribution in [3.8, 4) is 5.75 Å². The fourth-order valence-corrected chi connectivity index (χ4v) is 6.24. The smallest absolute Gasteiger partial charge is 0.246 e. The minimum Gasteiger partial charge on any atom is -0.495 e. The SMILES string of the molecule is COc1cc(C)c(C)cc1S(=O)(=O)N1CCC(C(=O)N2CCSCC2)CC1. The van der Waals surface area contributed by atoms with Crippen LogP contribution in [0.2, 0.25) is 0 Å². The Morgan fingerprint density at radius 2 is 1.67 bits per heavy atom. The zero-order valence-corrected chi connectivity index (χ0v) is 17.9. The van der Waals surface area contributed by atoms with Gasteiger partial charge in [0, 0.05) is 43.6 Å². The van der Waals surface area contributed by atoms with Crippen molar-refractivity contribution in [3.05, 3.63) is 23.3 Å². The molecule has 1 aromatic carbocycles. The normalized spacial score (nSPS) is 19.9. The maximum absolute atomic E-state index is 13.2. The number of nitrogens with zero attached hydrogens (tertiary/aromatic N) is 2. The number of amides is 1. The van der Waals surface area contributed by atoms with Gasteiger partial charge in [-0.15, -0.1) is 0 Å². The van der Waals surface area contributed by atoms with Crippen LogP contribution < -0.4 is 4.74 Å². The number of piperidine rings is 1. The highest BCUT2D eigenvalue weighted by Gasteiger charge is 2.35. The Labute approximate surface area is 166 Å². The van der Waals surface area contributed by atoms with Gasteiger partial charge in [-0.1, -0.05) is 0 Å². The monoisotopic (exact) mass is 412 g/mol. The third-order valence-corrected chi connectivity index (χ3v) is 8.39. The second kappa shape index (κ2) is 8.41. The van der Waals surface area contributed by atoms with E-state index in [4.69, 9.17) is 4.74 Å². The summed E-state index contributed by atoms with van der Waals surface area (Å²) in [6.07, 6.45) is 1.16. The van der Waals surface area contributed by atoms with E-state index in [0.717, 1.165) is 35.7 Å². The molecule has 0 aromatic heterocycles. The highest BCUT2D eigenvalue weighted by molar-refractivity contribution is 7.99. The standard InChI is InChI=1S/C19H28N2O4S2/c1-14-12-17(25-3)18(13-15(14)2)27(23,24)21-6-4-16(5-7-21)19(22)20-8-10-26-11-9-20/h12-13,16H,4-11H2,1-3H3. The van der Waals surface area contributed by atoms with Crippen molar-refractivity contribution in [2.75, 3.05) is 44.8 Å². The first-order valence-electron chi connectivity index (χ1n) is 9.36. The van der Waals surface area contributed by atoms with E-state index in [2.05, 4.69) is 0 Å². The van der Waals surface area contributed by atoms with Gasteiger partial charge < -0.3 is 9.64 Å². The Balaban J connectivity index is 1.71. The van der Waals surface area contributed by atoms with Gasteiger partial charge in [0.25, 0.3) is 0 Å². The molecule has 0 unspecified atom stereocenters. The first-order chi connectivity index (χ1) is 12.8. The van der Waals surface area contributed by atoms with Crippen LogP contribution in [-0.4, -0.2) is 68.3 Å². The maximum atomic E-state index is 13.2. The predicted octanol–water partition coefficient (Wildman–Crippen LogP) is 2.29. The summed E-state index contributed by atoms with van der Waals surface area (Å²) in [6, 6.07) is 3.46. The fourth-order valence-electron chi connectivity index (χ4n) is 3.65. The molecule has 0 spiro atoms. The summed E-state index contributed by atoms with van der Waals surface area (Å²) in [5.74, 6) is 2.48. The van der Waals surface area contributed by atoms with Gasteiger partial charge in [0.15, 0.2) is 0 Å². The summed E-state index contributed by atoms with van der Waals surface area (Å²) in [5.41, 5.74) is 1.91. The molecular weight excluding hydrogens is 384 g/mol. The lowest BCUT2D eigenvalue weighted by atomic mass is 9.96. The summed E-state index contributed by atoms with van der Waals surface area (Å²) in [5, 5.41) is 0. The van der Waals surface area contributed by atoms with Gasteiger partial charge >= 0.3 is 0 Å². The van der Waals surface area contributed by atoms with Crippen molar-refractivity contribution in [2.24, 2.45) is 5.92 Å². The minimum absolute atomic E-state index is 0.0683. The second-order valence-corrected chi connectivity index (χ2v) is 10.3. The molecule has 6 nitrogen and oxygen atoms in total.